The molecule has 21 heavy (non-hydrogen) atoms. The Morgan fingerprint density at radius 1 is 1.10 bits per heavy atom. The molecule has 2 N–H and O–H groups in total. The number of benzene rings is 1. The summed E-state index contributed by atoms with van der Waals surface area (Å²) in [5.41, 5.74) is 0. The van der Waals surface area contributed by atoms with E-state index in [9.17, 15) is 5.11 Å². The largest absolute Gasteiger partial charge is 0.493 e. The normalized spacial score (nSPS) is 12.1. The Morgan fingerprint density at radius 3 is 2.57 bits per heavy atom. The molecular weight excluding hydrogens is 274 g/mol. The number of para-hydroxylation sites is 2. The van der Waals surface area contributed by atoms with Crippen LogP contribution >= 0.6 is 0 Å². The Bertz CT molecular complexity index is 375. The molecule has 0 aliphatic carbocycles. The van der Waals surface area contributed by atoms with Crippen LogP contribution in [0.25, 0.3) is 0 Å². The van der Waals surface area contributed by atoms with Gasteiger partial charge in [0, 0.05) is 20.2 Å². The number of aliphatic hydroxyl groups excluding tert-OH is 1. The van der Waals surface area contributed by atoms with Crippen molar-refractivity contribution in [1.29, 1.82) is 0 Å². The predicted octanol–water partition coefficient (Wildman–Crippen LogP) is 0.688. The van der Waals surface area contributed by atoms with Crippen molar-refractivity contribution in [2.45, 2.75) is 6.10 Å². The fourth-order valence-electron chi connectivity index (χ4n) is 1.64. The molecule has 0 amide bonds. The van der Waals surface area contributed by atoms with Crippen molar-refractivity contribution in [3.63, 3.8) is 0 Å². The van der Waals surface area contributed by atoms with Crippen LogP contribution in [0, 0.1) is 0 Å². The van der Waals surface area contributed by atoms with Crippen LogP contribution in [0.15, 0.2) is 24.3 Å². The van der Waals surface area contributed by atoms with Crippen molar-refractivity contribution < 1.29 is 24.1 Å². The molecular formula is C15H25NO5. The summed E-state index contributed by atoms with van der Waals surface area (Å²) in [5.74, 6) is 1.28. The van der Waals surface area contributed by atoms with Crippen molar-refractivity contribution in [3.05, 3.63) is 24.3 Å². The quantitative estimate of drug-likeness (QED) is 0.553. The molecule has 0 aliphatic heterocycles. The van der Waals surface area contributed by atoms with Gasteiger partial charge in [-0.15, -0.1) is 0 Å². The molecule has 0 bridgehead atoms. The van der Waals surface area contributed by atoms with E-state index < -0.39 is 6.10 Å². The molecule has 0 radical (unpaired) electrons. The zero-order valence-corrected chi connectivity index (χ0v) is 12.7. The second-order valence-corrected chi connectivity index (χ2v) is 4.42. The minimum Gasteiger partial charge on any atom is -0.493 e. The van der Waals surface area contributed by atoms with Crippen LogP contribution in [0.2, 0.25) is 0 Å². The topological polar surface area (TPSA) is 69.2 Å². The number of aliphatic hydroxyl groups is 1. The highest BCUT2D eigenvalue weighted by atomic mass is 16.5. The van der Waals surface area contributed by atoms with Crippen LogP contribution in [-0.2, 0) is 9.47 Å². The number of methoxy groups -OCH3 is 2. The van der Waals surface area contributed by atoms with Crippen molar-refractivity contribution in [3.8, 4) is 11.5 Å². The summed E-state index contributed by atoms with van der Waals surface area (Å²) in [6.07, 6.45) is -0.589. The Balaban J connectivity index is 2.09. The molecule has 0 saturated carbocycles. The molecule has 1 aromatic rings. The number of ether oxygens (including phenoxy) is 4. The summed E-state index contributed by atoms with van der Waals surface area (Å²) >= 11 is 0. The first-order chi connectivity index (χ1) is 10.3. The molecule has 1 atom stereocenters. The first-order valence-corrected chi connectivity index (χ1v) is 6.99. The fourth-order valence-corrected chi connectivity index (χ4v) is 1.64. The highest BCUT2D eigenvalue weighted by molar-refractivity contribution is 5.39. The summed E-state index contributed by atoms with van der Waals surface area (Å²) < 4.78 is 20.9. The summed E-state index contributed by atoms with van der Waals surface area (Å²) in [6.45, 7) is 3.09. The van der Waals surface area contributed by atoms with Gasteiger partial charge in [0.05, 0.1) is 26.9 Å². The molecule has 0 saturated heterocycles. The van der Waals surface area contributed by atoms with Crippen molar-refractivity contribution in [1.82, 2.24) is 5.32 Å². The van der Waals surface area contributed by atoms with Crippen LogP contribution in [0.1, 0.15) is 0 Å². The summed E-state index contributed by atoms with van der Waals surface area (Å²) in [4.78, 5) is 0. The minimum atomic E-state index is -0.589. The van der Waals surface area contributed by atoms with E-state index in [2.05, 4.69) is 5.32 Å². The van der Waals surface area contributed by atoms with Gasteiger partial charge in [-0.3, -0.25) is 0 Å². The zero-order chi connectivity index (χ0) is 15.3. The molecule has 0 fully saturated rings. The second kappa shape index (κ2) is 11.3. The van der Waals surface area contributed by atoms with E-state index >= 15 is 0 Å². The number of hydrogen-bond acceptors (Lipinski definition) is 6. The van der Waals surface area contributed by atoms with Gasteiger partial charge in [-0.25, -0.2) is 0 Å². The molecule has 120 valence electrons. The maximum atomic E-state index is 9.83. The Morgan fingerprint density at radius 2 is 1.86 bits per heavy atom. The van der Waals surface area contributed by atoms with Gasteiger partial charge < -0.3 is 29.4 Å². The monoisotopic (exact) mass is 299 g/mol. The highest BCUT2D eigenvalue weighted by Gasteiger charge is 2.07. The van der Waals surface area contributed by atoms with E-state index in [0.29, 0.717) is 44.4 Å². The summed E-state index contributed by atoms with van der Waals surface area (Å²) in [6, 6.07) is 7.35. The van der Waals surface area contributed by atoms with Crippen LogP contribution in [0.5, 0.6) is 11.5 Å². The maximum absolute atomic E-state index is 9.83. The van der Waals surface area contributed by atoms with Gasteiger partial charge in [-0.05, 0) is 12.1 Å². The van der Waals surface area contributed by atoms with E-state index in [0.717, 1.165) is 0 Å². The number of hydrogen-bond donors (Lipinski definition) is 2. The van der Waals surface area contributed by atoms with Crippen LogP contribution < -0.4 is 14.8 Å². The number of rotatable bonds is 12. The first-order valence-electron chi connectivity index (χ1n) is 6.99. The lowest BCUT2D eigenvalue weighted by atomic mass is 10.3. The van der Waals surface area contributed by atoms with Crippen LogP contribution in [0.3, 0.4) is 0 Å². The predicted molar refractivity (Wildman–Crippen MR) is 80.1 cm³/mol. The van der Waals surface area contributed by atoms with Gasteiger partial charge in [0.15, 0.2) is 11.5 Å². The molecule has 1 aromatic carbocycles. The molecule has 0 aromatic heterocycles. The van der Waals surface area contributed by atoms with Crippen LogP contribution in [0.4, 0.5) is 0 Å². The smallest absolute Gasteiger partial charge is 0.161 e. The van der Waals surface area contributed by atoms with E-state index in [-0.39, 0.29) is 6.61 Å². The first kappa shape index (κ1) is 17.7. The third-order valence-corrected chi connectivity index (χ3v) is 2.74. The second-order valence-electron chi connectivity index (χ2n) is 4.42. The Hall–Kier alpha value is -1.34. The van der Waals surface area contributed by atoms with Gasteiger partial charge in [0.1, 0.15) is 12.7 Å². The van der Waals surface area contributed by atoms with Crippen LogP contribution in [-0.4, -0.2) is 64.9 Å². The standard InChI is InChI=1S/C15H25NO5/c1-18-9-10-20-8-7-16-11-13(17)12-21-15-6-4-3-5-14(15)19-2/h3-6,13,16-17H,7-12H2,1-2H3. The zero-order valence-electron chi connectivity index (χ0n) is 12.7. The number of nitrogens with one attached hydrogen (secondary N) is 1. The highest BCUT2D eigenvalue weighted by Crippen LogP contribution is 2.25. The van der Waals surface area contributed by atoms with Gasteiger partial charge in [0.25, 0.3) is 0 Å². The molecule has 0 spiro atoms. The van der Waals surface area contributed by atoms with Gasteiger partial charge in [-0.1, -0.05) is 12.1 Å². The van der Waals surface area contributed by atoms with Crippen molar-refractivity contribution >= 4 is 0 Å². The average molecular weight is 299 g/mol. The lowest BCUT2D eigenvalue weighted by Gasteiger charge is -2.15. The Kier molecular flexibility index (Phi) is 9.56. The SMILES string of the molecule is COCCOCCNCC(O)COc1ccccc1OC. The van der Waals surface area contributed by atoms with Gasteiger partial charge in [-0.2, -0.15) is 0 Å². The molecule has 6 heteroatoms. The molecule has 1 unspecified atom stereocenters. The maximum Gasteiger partial charge on any atom is 0.161 e. The third-order valence-electron chi connectivity index (χ3n) is 2.74. The van der Waals surface area contributed by atoms with E-state index in [1.807, 2.05) is 24.3 Å². The molecule has 6 nitrogen and oxygen atoms in total. The van der Waals surface area contributed by atoms with Crippen molar-refractivity contribution in [2.75, 3.05) is 53.7 Å². The summed E-state index contributed by atoms with van der Waals surface area (Å²) in [5, 5.41) is 12.9. The third kappa shape index (κ3) is 7.87. The Labute approximate surface area is 126 Å². The van der Waals surface area contributed by atoms with Gasteiger partial charge in [0.2, 0.25) is 0 Å². The van der Waals surface area contributed by atoms with Gasteiger partial charge >= 0.3 is 0 Å². The van der Waals surface area contributed by atoms with E-state index in [1.165, 1.54) is 0 Å². The summed E-state index contributed by atoms with van der Waals surface area (Å²) in [7, 11) is 3.23. The van der Waals surface area contributed by atoms with E-state index in [4.69, 9.17) is 18.9 Å². The average Bonchev–Trinajstić information content (AvgIpc) is 2.52. The fraction of sp³-hybridized carbons (Fsp3) is 0.600. The molecule has 0 heterocycles. The minimum absolute atomic E-state index is 0.206. The molecule has 1 rings (SSSR count). The van der Waals surface area contributed by atoms with E-state index in [1.54, 1.807) is 14.2 Å². The van der Waals surface area contributed by atoms with Crippen molar-refractivity contribution in [2.24, 2.45) is 0 Å². The lowest BCUT2D eigenvalue weighted by molar-refractivity contribution is 0.0678. The molecule has 0 aliphatic rings. The lowest BCUT2D eigenvalue weighted by Crippen LogP contribution is -2.33.